The van der Waals surface area contributed by atoms with E-state index in [1.165, 1.54) is 11.3 Å². The Morgan fingerprint density at radius 3 is 2.80 bits per heavy atom. The van der Waals surface area contributed by atoms with Crippen molar-refractivity contribution in [2.75, 3.05) is 13.1 Å². The molecule has 0 radical (unpaired) electrons. The van der Waals surface area contributed by atoms with Gasteiger partial charge in [-0.1, -0.05) is 0 Å². The fourth-order valence-electron chi connectivity index (χ4n) is 1.15. The number of allylic oxidation sites excluding steroid dienone is 1. The lowest BCUT2D eigenvalue weighted by Gasteiger charge is -2.11. The molecule has 0 spiro atoms. The summed E-state index contributed by atoms with van der Waals surface area (Å²) in [5.74, 6) is 0. The van der Waals surface area contributed by atoms with Crippen LogP contribution in [0, 0.1) is 0 Å². The van der Waals surface area contributed by atoms with Crippen LogP contribution < -0.4 is 10.6 Å². The molecule has 1 rings (SSSR count). The largest absolute Gasteiger partial charge is 0.385 e. The first-order chi connectivity index (χ1) is 4.70. The van der Waals surface area contributed by atoms with Crippen LogP contribution in [0.1, 0.15) is 20.8 Å². The van der Waals surface area contributed by atoms with E-state index in [9.17, 15) is 0 Å². The third-order valence-electron chi connectivity index (χ3n) is 1.94. The van der Waals surface area contributed by atoms with Crippen molar-refractivity contribution in [1.82, 2.24) is 10.6 Å². The molecule has 1 unspecified atom stereocenters. The number of nitrogens with one attached hydrogen (secondary N) is 2. The van der Waals surface area contributed by atoms with Gasteiger partial charge in [-0.25, -0.2) is 0 Å². The predicted octanol–water partition coefficient (Wildman–Crippen LogP) is 0.862. The second-order valence-corrected chi connectivity index (χ2v) is 3.08. The zero-order chi connectivity index (χ0) is 7.56. The molecule has 0 bridgehead atoms. The van der Waals surface area contributed by atoms with E-state index < -0.39 is 0 Å². The zero-order valence-corrected chi connectivity index (χ0v) is 6.99. The van der Waals surface area contributed by atoms with E-state index in [4.69, 9.17) is 0 Å². The molecule has 1 aliphatic heterocycles. The van der Waals surface area contributed by atoms with Crippen molar-refractivity contribution in [2.45, 2.75) is 26.8 Å². The Bertz CT molecular complexity index is 149. The molecule has 0 aliphatic carbocycles. The SMILES string of the molecule is CC1=C(C)NC(C)CNC1. The molecule has 0 aromatic heterocycles. The van der Waals surface area contributed by atoms with Gasteiger partial charge in [0.15, 0.2) is 0 Å². The molecule has 2 N–H and O–H groups in total. The van der Waals surface area contributed by atoms with Crippen molar-refractivity contribution in [3.05, 3.63) is 11.3 Å². The maximum Gasteiger partial charge on any atom is 0.0354 e. The van der Waals surface area contributed by atoms with Crippen LogP contribution in [0.15, 0.2) is 11.3 Å². The molecule has 10 heavy (non-hydrogen) atoms. The van der Waals surface area contributed by atoms with Gasteiger partial charge < -0.3 is 10.6 Å². The lowest BCUT2D eigenvalue weighted by atomic mass is 10.2. The van der Waals surface area contributed by atoms with Gasteiger partial charge in [-0.15, -0.1) is 0 Å². The Balaban J connectivity index is 2.61. The molecule has 1 heterocycles. The molecular formula is C8H16N2. The van der Waals surface area contributed by atoms with Gasteiger partial charge in [0, 0.05) is 24.8 Å². The van der Waals surface area contributed by atoms with Crippen LogP contribution in [0.3, 0.4) is 0 Å². The highest BCUT2D eigenvalue weighted by molar-refractivity contribution is 5.11. The van der Waals surface area contributed by atoms with Crippen molar-refractivity contribution in [3.8, 4) is 0 Å². The number of hydrogen-bond donors (Lipinski definition) is 2. The van der Waals surface area contributed by atoms with Crippen LogP contribution in [0.2, 0.25) is 0 Å². The van der Waals surface area contributed by atoms with Gasteiger partial charge in [0.25, 0.3) is 0 Å². The Hall–Kier alpha value is -0.500. The molecule has 0 saturated heterocycles. The van der Waals surface area contributed by atoms with Crippen LogP contribution >= 0.6 is 0 Å². The lowest BCUT2D eigenvalue weighted by molar-refractivity contribution is 0.582. The summed E-state index contributed by atoms with van der Waals surface area (Å²) in [6.07, 6.45) is 0. The standard InChI is InChI=1S/C8H16N2/c1-6-4-9-5-7(2)10-8(6)3/h7,9-10H,4-5H2,1-3H3. The van der Waals surface area contributed by atoms with Gasteiger partial charge in [0.1, 0.15) is 0 Å². The van der Waals surface area contributed by atoms with Gasteiger partial charge in [0.05, 0.1) is 0 Å². The Kier molecular flexibility index (Phi) is 2.33. The van der Waals surface area contributed by atoms with Crippen molar-refractivity contribution in [1.29, 1.82) is 0 Å². The van der Waals surface area contributed by atoms with E-state index in [2.05, 4.69) is 31.4 Å². The smallest absolute Gasteiger partial charge is 0.0354 e. The topological polar surface area (TPSA) is 24.1 Å². The lowest BCUT2D eigenvalue weighted by Crippen LogP contribution is -2.32. The van der Waals surface area contributed by atoms with E-state index in [0.29, 0.717) is 6.04 Å². The Morgan fingerprint density at radius 2 is 2.10 bits per heavy atom. The molecule has 0 saturated carbocycles. The maximum atomic E-state index is 3.41. The van der Waals surface area contributed by atoms with Crippen LogP contribution in [0.4, 0.5) is 0 Å². The quantitative estimate of drug-likeness (QED) is 0.521. The van der Waals surface area contributed by atoms with Crippen molar-refractivity contribution in [2.24, 2.45) is 0 Å². The van der Waals surface area contributed by atoms with E-state index in [1.807, 2.05) is 0 Å². The van der Waals surface area contributed by atoms with Crippen molar-refractivity contribution in [3.63, 3.8) is 0 Å². The third kappa shape index (κ3) is 1.74. The summed E-state index contributed by atoms with van der Waals surface area (Å²) in [5.41, 5.74) is 2.75. The third-order valence-corrected chi connectivity index (χ3v) is 1.94. The minimum absolute atomic E-state index is 0.567. The predicted molar refractivity (Wildman–Crippen MR) is 43.8 cm³/mol. The second-order valence-electron chi connectivity index (χ2n) is 3.08. The van der Waals surface area contributed by atoms with Gasteiger partial charge in [-0.05, 0) is 26.3 Å². The summed E-state index contributed by atoms with van der Waals surface area (Å²) in [5, 5.41) is 6.77. The summed E-state index contributed by atoms with van der Waals surface area (Å²) in [4.78, 5) is 0. The summed E-state index contributed by atoms with van der Waals surface area (Å²) in [7, 11) is 0. The molecule has 0 aromatic rings. The molecule has 1 aliphatic rings. The van der Waals surface area contributed by atoms with E-state index in [0.717, 1.165) is 13.1 Å². The second kappa shape index (κ2) is 3.06. The highest BCUT2D eigenvalue weighted by atomic mass is 15.0. The minimum Gasteiger partial charge on any atom is -0.385 e. The van der Waals surface area contributed by atoms with Crippen molar-refractivity contribution < 1.29 is 0 Å². The normalized spacial score (nSPS) is 27.7. The number of rotatable bonds is 0. The highest BCUT2D eigenvalue weighted by Gasteiger charge is 2.07. The van der Waals surface area contributed by atoms with Crippen molar-refractivity contribution >= 4 is 0 Å². The Morgan fingerprint density at radius 1 is 1.40 bits per heavy atom. The first kappa shape index (κ1) is 7.61. The molecule has 2 heteroatoms. The summed E-state index contributed by atoms with van der Waals surface area (Å²) < 4.78 is 0. The first-order valence-electron chi connectivity index (χ1n) is 3.83. The maximum absolute atomic E-state index is 3.41. The summed E-state index contributed by atoms with van der Waals surface area (Å²) >= 11 is 0. The average molecular weight is 140 g/mol. The summed E-state index contributed by atoms with van der Waals surface area (Å²) in [6.45, 7) is 8.58. The molecule has 0 fully saturated rings. The van der Waals surface area contributed by atoms with Gasteiger partial charge in [-0.2, -0.15) is 0 Å². The molecular weight excluding hydrogens is 124 g/mol. The van der Waals surface area contributed by atoms with Crippen LogP contribution in [0.5, 0.6) is 0 Å². The van der Waals surface area contributed by atoms with E-state index in [1.54, 1.807) is 0 Å². The molecule has 1 atom stereocenters. The molecule has 0 amide bonds. The highest BCUT2D eigenvalue weighted by Crippen LogP contribution is 2.02. The van der Waals surface area contributed by atoms with E-state index >= 15 is 0 Å². The van der Waals surface area contributed by atoms with Gasteiger partial charge >= 0.3 is 0 Å². The molecule has 58 valence electrons. The average Bonchev–Trinajstić information content (AvgIpc) is 1.96. The van der Waals surface area contributed by atoms with E-state index in [-0.39, 0.29) is 0 Å². The van der Waals surface area contributed by atoms with Crippen LogP contribution in [-0.4, -0.2) is 19.1 Å². The van der Waals surface area contributed by atoms with Gasteiger partial charge in [0.2, 0.25) is 0 Å². The zero-order valence-electron chi connectivity index (χ0n) is 6.99. The van der Waals surface area contributed by atoms with Crippen LogP contribution in [0.25, 0.3) is 0 Å². The minimum atomic E-state index is 0.567. The number of hydrogen-bond acceptors (Lipinski definition) is 2. The first-order valence-corrected chi connectivity index (χ1v) is 3.83. The summed E-state index contributed by atoms with van der Waals surface area (Å²) in [6, 6.07) is 0.567. The Labute approximate surface area is 62.7 Å². The van der Waals surface area contributed by atoms with Gasteiger partial charge in [-0.3, -0.25) is 0 Å². The monoisotopic (exact) mass is 140 g/mol. The fraction of sp³-hybridized carbons (Fsp3) is 0.750. The fourth-order valence-corrected chi connectivity index (χ4v) is 1.15. The molecule has 0 aromatic carbocycles. The van der Waals surface area contributed by atoms with Crippen LogP contribution in [-0.2, 0) is 0 Å². The molecule has 2 nitrogen and oxygen atoms in total.